The molecule has 232 valence electrons. The maximum absolute atomic E-state index is 13.7. The number of aromatic nitrogens is 3. The van der Waals surface area contributed by atoms with E-state index in [1.165, 1.54) is 0 Å². The second-order valence-electron chi connectivity index (χ2n) is 11.2. The molecule has 1 aliphatic heterocycles. The van der Waals surface area contributed by atoms with E-state index in [1.54, 1.807) is 18.7 Å². The normalized spacial score (nSPS) is 14.0. The zero-order chi connectivity index (χ0) is 31.0. The molecule has 0 fully saturated rings. The fraction of sp³-hybridized carbons (Fsp3) is 0.484. The van der Waals surface area contributed by atoms with E-state index in [4.69, 9.17) is 9.05 Å². The van der Waals surface area contributed by atoms with Gasteiger partial charge in [0.15, 0.2) is 0 Å². The van der Waals surface area contributed by atoms with Crippen molar-refractivity contribution in [1.29, 1.82) is 0 Å². The van der Waals surface area contributed by atoms with Gasteiger partial charge in [-0.1, -0.05) is 60.5 Å². The molecule has 0 aliphatic carbocycles. The van der Waals surface area contributed by atoms with Gasteiger partial charge in [0.05, 0.1) is 30.6 Å². The van der Waals surface area contributed by atoms with E-state index < -0.39 is 13.9 Å². The second kappa shape index (κ2) is 14.9. The van der Waals surface area contributed by atoms with Crippen LogP contribution in [-0.4, -0.2) is 46.1 Å². The van der Waals surface area contributed by atoms with Crippen molar-refractivity contribution in [3.8, 4) is 22.5 Å². The van der Waals surface area contributed by atoms with Crippen LogP contribution in [-0.2, 0) is 29.7 Å². The van der Waals surface area contributed by atoms with Crippen LogP contribution < -0.4 is 15.1 Å². The lowest BCUT2D eigenvalue weighted by Gasteiger charge is -2.29. The molecule has 2 amide bonds. The molecule has 2 aromatic carbocycles. The van der Waals surface area contributed by atoms with E-state index in [-0.39, 0.29) is 37.3 Å². The van der Waals surface area contributed by atoms with Gasteiger partial charge < -0.3 is 24.2 Å². The molecule has 43 heavy (non-hydrogen) atoms. The highest BCUT2D eigenvalue weighted by Crippen LogP contribution is 2.42. The van der Waals surface area contributed by atoms with Gasteiger partial charge in [0.25, 0.3) is 7.82 Å². The molecular weight excluding hydrogens is 569 g/mol. The van der Waals surface area contributed by atoms with Gasteiger partial charge in [-0.15, -0.1) is 5.10 Å². The van der Waals surface area contributed by atoms with E-state index >= 15 is 0 Å². The Morgan fingerprint density at radius 1 is 0.977 bits per heavy atom. The lowest BCUT2D eigenvalue weighted by Crippen LogP contribution is -2.33. The molecule has 1 N–H and O–H groups in total. The number of nitrogens with zero attached hydrogens (tertiary/aromatic N) is 4. The third-order valence-electron chi connectivity index (χ3n) is 7.08. The van der Waals surface area contributed by atoms with E-state index in [0.29, 0.717) is 19.5 Å². The van der Waals surface area contributed by atoms with Crippen LogP contribution in [0.25, 0.3) is 22.5 Å². The molecule has 12 heteroatoms. The van der Waals surface area contributed by atoms with Gasteiger partial charge in [0.2, 0.25) is 11.8 Å². The molecule has 1 aromatic heterocycles. The Balaban J connectivity index is 1.32. The summed E-state index contributed by atoms with van der Waals surface area (Å²) in [6.45, 7) is 8.27. The van der Waals surface area contributed by atoms with Gasteiger partial charge in [-0.05, 0) is 52.2 Å². The minimum absolute atomic E-state index is 0.0675. The molecule has 4 rings (SSSR count). The van der Waals surface area contributed by atoms with Crippen LogP contribution in [0.1, 0.15) is 77.8 Å². The van der Waals surface area contributed by atoms with Crippen molar-refractivity contribution in [2.75, 3.05) is 18.1 Å². The standard InChI is InChI=1S/C31H42N5O6P/c1-22(2)36-31-26-15-9-10-16-27(26)35(21-24-13-7-8-14-25(24)30(31)33-34-36)29(38)18-17-28(37)32-19-11-5-6-12-20-41-43(39,40)42-23(3)4/h7-10,13-16,22-23H,5-6,11-12,17-21H2,1-4H3,(H,32,37)(H,39,40)/p-1. The number of carbonyl (C=O) groups excluding carboxylic acids is 2. The number of hydrogen-bond donors (Lipinski definition) is 1. The fourth-order valence-corrected chi connectivity index (χ4v) is 6.01. The van der Waals surface area contributed by atoms with Crippen molar-refractivity contribution in [1.82, 2.24) is 20.3 Å². The lowest BCUT2D eigenvalue weighted by molar-refractivity contribution is -0.228. The predicted molar refractivity (Wildman–Crippen MR) is 163 cm³/mol. The molecule has 1 aliphatic rings. The zero-order valence-electron chi connectivity index (χ0n) is 25.3. The molecule has 0 bridgehead atoms. The van der Waals surface area contributed by atoms with Gasteiger partial charge in [-0.3, -0.25) is 14.2 Å². The largest absolute Gasteiger partial charge is 0.756 e. The summed E-state index contributed by atoms with van der Waals surface area (Å²) in [6, 6.07) is 15.8. The second-order valence-corrected chi connectivity index (χ2v) is 12.5. The van der Waals surface area contributed by atoms with Crippen LogP contribution in [0, 0.1) is 0 Å². The number of unbranched alkanes of at least 4 members (excludes halogenated alkanes) is 3. The highest BCUT2D eigenvalue weighted by atomic mass is 31.2. The summed E-state index contributed by atoms with van der Waals surface area (Å²) in [7, 11) is -4.25. The zero-order valence-corrected chi connectivity index (χ0v) is 26.2. The number of anilines is 1. The number of benzene rings is 2. The average Bonchev–Trinajstić information content (AvgIpc) is 3.39. The van der Waals surface area contributed by atoms with Crippen LogP contribution in [0.2, 0.25) is 0 Å². The first-order valence-electron chi connectivity index (χ1n) is 14.9. The number of nitrogens with one attached hydrogen (secondary N) is 1. The van der Waals surface area contributed by atoms with Gasteiger partial charge in [-0.25, -0.2) is 4.68 Å². The molecule has 0 spiro atoms. The van der Waals surface area contributed by atoms with E-state index in [2.05, 4.69) is 29.5 Å². The Kier molecular flexibility index (Phi) is 11.3. The molecular formula is C31H41N5O6P-. The molecule has 2 heterocycles. The Labute approximate surface area is 253 Å². The summed E-state index contributed by atoms with van der Waals surface area (Å²) in [4.78, 5) is 39.6. The summed E-state index contributed by atoms with van der Waals surface area (Å²) in [6.07, 6.45) is 2.59. The number of phosphoric ester groups is 1. The topological polar surface area (TPSA) is 139 Å². The van der Waals surface area contributed by atoms with Crippen LogP contribution in [0.3, 0.4) is 0 Å². The fourth-order valence-electron chi connectivity index (χ4n) is 5.08. The molecule has 1 atom stereocenters. The van der Waals surface area contributed by atoms with E-state index in [9.17, 15) is 19.0 Å². The molecule has 0 saturated carbocycles. The van der Waals surface area contributed by atoms with Crippen molar-refractivity contribution in [3.63, 3.8) is 0 Å². The number of phosphoric acid groups is 1. The lowest BCUT2D eigenvalue weighted by atomic mass is 9.95. The molecule has 3 aromatic rings. The molecule has 0 radical (unpaired) electrons. The maximum Gasteiger partial charge on any atom is 0.268 e. The monoisotopic (exact) mass is 610 g/mol. The summed E-state index contributed by atoms with van der Waals surface area (Å²) < 4.78 is 23.1. The third kappa shape index (κ3) is 8.60. The average molecular weight is 611 g/mol. The maximum atomic E-state index is 13.7. The predicted octanol–water partition coefficient (Wildman–Crippen LogP) is 5.41. The Morgan fingerprint density at radius 3 is 2.42 bits per heavy atom. The number of hydrogen-bond acceptors (Lipinski definition) is 8. The van der Waals surface area contributed by atoms with Gasteiger partial charge in [-0.2, -0.15) is 0 Å². The number of rotatable bonds is 14. The first-order chi connectivity index (χ1) is 20.6. The van der Waals surface area contributed by atoms with E-state index in [1.807, 2.05) is 53.2 Å². The van der Waals surface area contributed by atoms with Crippen LogP contribution in [0.15, 0.2) is 48.5 Å². The van der Waals surface area contributed by atoms with Crippen molar-refractivity contribution in [3.05, 3.63) is 54.1 Å². The van der Waals surface area contributed by atoms with Gasteiger partial charge in [0, 0.05) is 36.6 Å². The molecule has 0 saturated heterocycles. The summed E-state index contributed by atoms with van der Waals surface area (Å²) >= 11 is 0. The number of carbonyl (C=O) groups is 2. The van der Waals surface area contributed by atoms with Crippen LogP contribution in [0.5, 0.6) is 0 Å². The smallest absolute Gasteiger partial charge is 0.268 e. The van der Waals surface area contributed by atoms with Crippen molar-refractivity contribution in [2.45, 2.75) is 84.9 Å². The van der Waals surface area contributed by atoms with E-state index in [0.717, 1.165) is 53.0 Å². The summed E-state index contributed by atoms with van der Waals surface area (Å²) in [5.74, 6) is -0.318. The molecule has 1 unspecified atom stereocenters. The van der Waals surface area contributed by atoms with Gasteiger partial charge in [0.1, 0.15) is 5.69 Å². The van der Waals surface area contributed by atoms with Crippen molar-refractivity contribution in [2.24, 2.45) is 0 Å². The highest BCUT2D eigenvalue weighted by Gasteiger charge is 2.29. The first-order valence-corrected chi connectivity index (χ1v) is 16.4. The summed E-state index contributed by atoms with van der Waals surface area (Å²) in [5.41, 5.74) is 5.20. The SMILES string of the molecule is CC(C)OP(=O)([O-])OCCCCCCNC(=O)CCC(=O)N1Cc2ccccc2-c2nnn(C(C)C)c2-c2ccccc21. The Hall–Kier alpha value is -3.37. The molecule has 11 nitrogen and oxygen atoms in total. The van der Waals surface area contributed by atoms with Crippen molar-refractivity contribution >= 4 is 25.3 Å². The van der Waals surface area contributed by atoms with Crippen LogP contribution >= 0.6 is 7.82 Å². The van der Waals surface area contributed by atoms with Gasteiger partial charge >= 0.3 is 0 Å². The third-order valence-corrected chi connectivity index (χ3v) is 8.26. The number of para-hydroxylation sites is 1. The number of fused-ring (bicyclic) bond motifs is 5. The summed E-state index contributed by atoms with van der Waals surface area (Å²) in [5, 5.41) is 11.9. The minimum Gasteiger partial charge on any atom is -0.756 e. The van der Waals surface area contributed by atoms with Crippen molar-refractivity contribution < 1.29 is 28.1 Å². The first kappa shape index (κ1) is 32.5. The minimum atomic E-state index is -4.25. The highest BCUT2D eigenvalue weighted by molar-refractivity contribution is 7.45. The quantitative estimate of drug-likeness (QED) is 0.189. The number of amides is 2. The Bertz CT molecular complexity index is 1460. The Morgan fingerprint density at radius 2 is 1.67 bits per heavy atom. The van der Waals surface area contributed by atoms with Crippen LogP contribution in [0.4, 0.5) is 5.69 Å².